The number of allylic oxidation sites excluding steroid dienone is 2. The number of aldehydes is 1. The molecule has 0 aromatic carbocycles. The molecule has 1 atom stereocenters. The standard InChI is InChI=1S/C12H22O2/c1-11(7-4-9-13)5-3-6-12(2)8-10-14/h5,9,12,14H,3-4,6-8,10H2,1-2H3. The van der Waals surface area contributed by atoms with Crippen molar-refractivity contribution >= 4 is 6.29 Å². The van der Waals surface area contributed by atoms with Gasteiger partial charge in [0.1, 0.15) is 6.29 Å². The van der Waals surface area contributed by atoms with Crippen LogP contribution in [0.15, 0.2) is 11.6 Å². The fourth-order valence-corrected chi connectivity index (χ4v) is 1.37. The highest BCUT2D eigenvalue weighted by atomic mass is 16.3. The molecule has 2 heteroatoms. The maximum Gasteiger partial charge on any atom is 0.120 e. The summed E-state index contributed by atoms with van der Waals surface area (Å²) in [6.07, 6.45) is 7.77. The Kier molecular flexibility index (Phi) is 8.54. The summed E-state index contributed by atoms with van der Waals surface area (Å²) >= 11 is 0. The summed E-state index contributed by atoms with van der Waals surface area (Å²) in [6, 6.07) is 0. The first kappa shape index (κ1) is 13.4. The summed E-state index contributed by atoms with van der Waals surface area (Å²) in [6.45, 7) is 4.51. The van der Waals surface area contributed by atoms with Gasteiger partial charge in [0, 0.05) is 13.0 Å². The molecule has 0 spiro atoms. The molecular formula is C12H22O2. The SMILES string of the molecule is CC(=CCCC(C)CCO)CCC=O. The number of carbonyl (C=O) groups is 1. The first-order chi connectivity index (χ1) is 6.70. The lowest BCUT2D eigenvalue weighted by molar-refractivity contribution is -0.107. The lowest BCUT2D eigenvalue weighted by Crippen LogP contribution is -1.97. The second kappa shape index (κ2) is 8.95. The number of rotatable bonds is 8. The van der Waals surface area contributed by atoms with Crippen LogP contribution in [-0.4, -0.2) is 18.0 Å². The van der Waals surface area contributed by atoms with Crippen molar-refractivity contribution in [2.24, 2.45) is 5.92 Å². The van der Waals surface area contributed by atoms with E-state index in [-0.39, 0.29) is 6.61 Å². The Morgan fingerprint density at radius 1 is 1.36 bits per heavy atom. The molecule has 0 amide bonds. The van der Waals surface area contributed by atoms with Crippen molar-refractivity contribution in [1.82, 2.24) is 0 Å². The van der Waals surface area contributed by atoms with Crippen molar-refractivity contribution in [3.05, 3.63) is 11.6 Å². The average molecular weight is 198 g/mol. The van der Waals surface area contributed by atoms with Crippen LogP contribution in [0.5, 0.6) is 0 Å². The first-order valence-electron chi connectivity index (χ1n) is 5.40. The predicted octanol–water partition coefficient (Wildman–Crippen LogP) is 2.71. The van der Waals surface area contributed by atoms with Crippen LogP contribution in [0.4, 0.5) is 0 Å². The van der Waals surface area contributed by atoms with Crippen molar-refractivity contribution in [3.63, 3.8) is 0 Å². The summed E-state index contributed by atoms with van der Waals surface area (Å²) in [7, 11) is 0. The van der Waals surface area contributed by atoms with Gasteiger partial charge >= 0.3 is 0 Å². The van der Waals surface area contributed by atoms with Crippen LogP contribution in [0.1, 0.15) is 46.0 Å². The summed E-state index contributed by atoms with van der Waals surface area (Å²) in [5, 5.41) is 8.71. The van der Waals surface area contributed by atoms with Gasteiger partial charge in [-0.1, -0.05) is 18.6 Å². The minimum atomic E-state index is 0.287. The maximum absolute atomic E-state index is 10.1. The molecule has 2 nitrogen and oxygen atoms in total. The van der Waals surface area contributed by atoms with E-state index in [0.717, 1.165) is 32.0 Å². The quantitative estimate of drug-likeness (QED) is 0.481. The number of aliphatic hydroxyl groups is 1. The Labute approximate surface area is 87.0 Å². The van der Waals surface area contributed by atoms with Gasteiger partial charge in [-0.3, -0.25) is 0 Å². The van der Waals surface area contributed by atoms with Gasteiger partial charge in [-0.2, -0.15) is 0 Å². The minimum Gasteiger partial charge on any atom is -0.396 e. The molecule has 82 valence electrons. The Hall–Kier alpha value is -0.630. The van der Waals surface area contributed by atoms with Gasteiger partial charge in [-0.05, 0) is 38.5 Å². The van der Waals surface area contributed by atoms with Crippen molar-refractivity contribution in [2.45, 2.75) is 46.0 Å². The summed E-state index contributed by atoms with van der Waals surface area (Å²) in [5.41, 5.74) is 1.30. The molecule has 0 aromatic rings. The minimum absolute atomic E-state index is 0.287. The molecule has 0 aliphatic heterocycles. The van der Waals surface area contributed by atoms with Crippen molar-refractivity contribution in [3.8, 4) is 0 Å². The third-order valence-electron chi connectivity index (χ3n) is 2.43. The fourth-order valence-electron chi connectivity index (χ4n) is 1.37. The van der Waals surface area contributed by atoms with Gasteiger partial charge in [0.2, 0.25) is 0 Å². The Morgan fingerprint density at radius 2 is 2.07 bits per heavy atom. The van der Waals surface area contributed by atoms with Crippen LogP contribution in [0, 0.1) is 5.92 Å². The van der Waals surface area contributed by atoms with Crippen molar-refractivity contribution in [1.29, 1.82) is 0 Å². The molecule has 0 heterocycles. The predicted molar refractivity (Wildman–Crippen MR) is 59.2 cm³/mol. The topological polar surface area (TPSA) is 37.3 Å². The van der Waals surface area contributed by atoms with Crippen LogP contribution in [0.2, 0.25) is 0 Å². The molecule has 0 aliphatic rings. The highest BCUT2D eigenvalue weighted by molar-refractivity contribution is 5.49. The lowest BCUT2D eigenvalue weighted by Gasteiger charge is -2.07. The van der Waals surface area contributed by atoms with E-state index >= 15 is 0 Å². The van der Waals surface area contributed by atoms with Crippen LogP contribution in [-0.2, 0) is 4.79 Å². The van der Waals surface area contributed by atoms with E-state index in [1.165, 1.54) is 5.57 Å². The molecule has 0 fully saturated rings. The number of carbonyl (C=O) groups excluding carboxylic acids is 1. The summed E-state index contributed by atoms with van der Waals surface area (Å²) in [5.74, 6) is 0.593. The molecular weight excluding hydrogens is 176 g/mol. The molecule has 1 N–H and O–H groups in total. The fraction of sp³-hybridized carbons (Fsp3) is 0.750. The maximum atomic E-state index is 10.1. The van der Waals surface area contributed by atoms with Crippen LogP contribution >= 0.6 is 0 Å². The highest BCUT2D eigenvalue weighted by Gasteiger charge is 1.99. The largest absolute Gasteiger partial charge is 0.396 e. The molecule has 0 radical (unpaired) electrons. The molecule has 0 saturated carbocycles. The van der Waals surface area contributed by atoms with E-state index in [0.29, 0.717) is 12.3 Å². The van der Waals surface area contributed by atoms with Gasteiger partial charge in [-0.25, -0.2) is 0 Å². The van der Waals surface area contributed by atoms with E-state index in [9.17, 15) is 4.79 Å². The second-order valence-corrected chi connectivity index (χ2v) is 3.95. The summed E-state index contributed by atoms with van der Waals surface area (Å²) in [4.78, 5) is 10.1. The van der Waals surface area contributed by atoms with E-state index in [1.54, 1.807) is 0 Å². The Bertz CT molecular complexity index is 173. The lowest BCUT2D eigenvalue weighted by atomic mass is 10.0. The number of hydrogen-bond donors (Lipinski definition) is 1. The Morgan fingerprint density at radius 3 is 2.64 bits per heavy atom. The molecule has 0 rings (SSSR count). The van der Waals surface area contributed by atoms with E-state index < -0.39 is 0 Å². The molecule has 14 heavy (non-hydrogen) atoms. The smallest absolute Gasteiger partial charge is 0.120 e. The number of hydrogen-bond acceptors (Lipinski definition) is 2. The third-order valence-corrected chi connectivity index (χ3v) is 2.43. The zero-order valence-corrected chi connectivity index (χ0v) is 9.33. The van der Waals surface area contributed by atoms with Gasteiger partial charge in [0.25, 0.3) is 0 Å². The zero-order valence-electron chi connectivity index (χ0n) is 9.33. The third kappa shape index (κ3) is 7.99. The van der Waals surface area contributed by atoms with Gasteiger partial charge < -0.3 is 9.90 Å². The first-order valence-corrected chi connectivity index (χ1v) is 5.40. The normalized spacial score (nSPS) is 14.1. The molecule has 0 aliphatic carbocycles. The molecule has 0 aromatic heterocycles. The Balaban J connectivity index is 3.53. The molecule has 0 bridgehead atoms. The number of aliphatic hydroxyl groups excluding tert-OH is 1. The highest BCUT2D eigenvalue weighted by Crippen LogP contribution is 2.12. The molecule has 1 unspecified atom stereocenters. The van der Waals surface area contributed by atoms with E-state index in [2.05, 4.69) is 19.9 Å². The summed E-state index contributed by atoms with van der Waals surface area (Å²) < 4.78 is 0. The van der Waals surface area contributed by atoms with Crippen molar-refractivity contribution < 1.29 is 9.90 Å². The van der Waals surface area contributed by atoms with E-state index in [4.69, 9.17) is 5.11 Å². The monoisotopic (exact) mass is 198 g/mol. The van der Waals surface area contributed by atoms with Gasteiger partial charge in [-0.15, -0.1) is 0 Å². The zero-order chi connectivity index (χ0) is 10.8. The molecule has 0 saturated heterocycles. The average Bonchev–Trinajstić information content (AvgIpc) is 2.15. The van der Waals surface area contributed by atoms with Crippen molar-refractivity contribution in [2.75, 3.05) is 6.61 Å². The van der Waals surface area contributed by atoms with Crippen LogP contribution < -0.4 is 0 Å². The van der Waals surface area contributed by atoms with Gasteiger partial charge in [0.05, 0.1) is 0 Å². The van der Waals surface area contributed by atoms with Crippen LogP contribution in [0.3, 0.4) is 0 Å². The van der Waals surface area contributed by atoms with Crippen LogP contribution in [0.25, 0.3) is 0 Å². The van der Waals surface area contributed by atoms with Gasteiger partial charge in [0.15, 0.2) is 0 Å². The van der Waals surface area contributed by atoms with E-state index in [1.807, 2.05) is 0 Å². The second-order valence-electron chi connectivity index (χ2n) is 3.95.